The van der Waals surface area contributed by atoms with Crippen LogP contribution in [-0.2, 0) is 6.42 Å². The van der Waals surface area contributed by atoms with Crippen LogP contribution in [0.3, 0.4) is 0 Å². The van der Waals surface area contributed by atoms with E-state index in [1.807, 2.05) is 18.5 Å². The number of rotatable bonds is 1. The summed E-state index contributed by atoms with van der Waals surface area (Å²) in [5.74, 6) is 0. The summed E-state index contributed by atoms with van der Waals surface area (Å²) in [6.07, 6.45) is 7.81. The van der Waals surface area contributed by atoms with Crippen LogP contribution in [-0.4, -0.2) is 11.2 Å². The van der Waals surface area contributed by atoms with Crippen molar-refractivity contribution >= 4 is 11.9 Å². The number of fused-ring (bicyclic) bond motifs is 1. The van der Waals surface area contributed by atoms with Gasteiger partial charge in [-0.3, -0.25) is 9.98 Å². The number of nitrogens with zero attached hydrogens (tertiary/aromatic N) is 2. The minimum absolute atomic E-state index is 1.03. The van der Waals surface area contributed by atoms with E-state index in [1.165, 1.54) is 16.7 Å². The van der Waals surface area contributed by atoms with Crippen molar-refractivity contribution in [1.29, 1.82) is 0 Å². The monoisotopic (exact) mass is 208 g/mol. The van der Waals surface area contributed by atoms with Crippen molar-refractivity contribution in [3.05, 3.63) is 48.3 Å². The first kappa shape index (κ1) is 9.28. The first-order valence-corrected chi connectivity index (χ1v) is 5.50. The summed E-state index contributed by atoms with van der Waals surface area (Å²) in [6.45, 7) is 0. The Morgan fingerprint density at radius 2 is 2.06 bits per heavy atom. The van der Waals surface area contributed by atoms with Gasteiger partial charge < -0.3 is 0 Å². The molecule has 0 spiro atoms. The highest BCUT2D eigenvalue weighted by molar-refractivity contribution is 5.77. The second kappa shape index (κ2) is 3.89. The average Bonchev–Trinajstić information content (AvgIpc) is 2.39. The van der Waals surface area contributed by atoms with Crippen LogP contribution in [0.2, 0.25) is 0 Å². The van der Waals surface area contributed by atoms with Crippen molar-refractivity contribution in [2.24, 2.45) is 4.99 Å². The maximum atomic E-state index is 4.43. The first-order valence-electron chi connectivity index (χ1n) is 5.50. The van der Waals surface area contributed by atoms with Crippen molar-refractivity contribution < 1.29 is 0 Å². The lowest BCUT2D eigenvalue weighted by molar-refractivity contribution is 1.03. The Morgan fingerprint density at radius 1 is 1.06 bits per heavy atom. The van der Waals surface area contributed by atoms with Gasteiger partial charge in [-0.05, 0) is 36.1 Å². The number of aliphatic imine (C=N–C) groups is 1. The molecule has 0 amide bonds. The average molecular weight is 208 g/mol. The lowest BCUT2D eigenvalue weighted by Crippen LogP contribution is -1.96. The second-order valence-corrected chi connectivity index (χ2v) is 3.90. The fourth-order valence-corrected chi connectivity index (χ4v) is 2.12. The van der Waals surface area contributed by atoms with Crippen LogP contribution in [0.15, 0.2) is 47.7 Å². The van der Waals surface area contributed by atoms with Crippen LogP contribution in [0.1, 0.15) is 12.0 Å². The minimum atomic E-state index is 1.03. The summed E-state index contributed by atoms with van der Waals surface area (Å²) in [5.41, 5.74) is 4.89. The van der Waals surface area contributed by atoms with E-state index in [-0.39, 0.29) is 0 Å². The predicted molar refractivity (Wildman–Crippen MR) is 66.1 cm³/mol. The number of hydrogen-bond donors (Lipinski definition) is 0. The maximum absolute atomic E-state index is 4.43. The summed E-state index contributed by atoms with van der Waals surface area (Å²) in [4.78, 5) is 8.61. The Kier molecular flexibility index (Phi) is 2.26. The number of aromatic nitrogens is 1. The van der Waals surface area contributed by atoms with Gasteiger partial charge in [-0.15, -0.1) is 0 Å². The molecule has 0 N–H and O–H groups in total. The third-order valence-electron chi connectivity index (χ3n) is 2.88. The molecular formula is C14H12N2. The SMILES string of the molecule is C1=Nc2cccc(-c3cccnc3)c2CC1. The molecule has 0 aliphatic carbocycles. The smallest absolute Gasteiger partial charge is 0.0663 e. The van der Waals surface area contributed by atoms with E-state index < -0.39 is 0 Å². The second-order valence-electron chi connectivity index (χ2n) is 3.90. The third-order valence-corrected chi connectivity index (χ3v) is 2.88. The number of benzene rings is 1. The van der Waals surface area contributed by atoms with Gasteiger partial charge in [0.2, 0.25) is 0 Å². The maximum Gasteiger partial charge on any atom is 0.0663 e. The first-order chi connectivity index (χ1) is 7.95. The van der Waals surface area contributed by atoms with Gasteiger partial charge in [-0.2, -0.15) is 0 Å². The lowest BCUT2D eigenvalue weighted by atomic mass is 9.95. The van der Waals surface area contributed by atoms with E-state index in [4.69, 9.17) is 0 Å². The molecule has 78 valence electrons. The van der Waals surface area contributed by atoms with E-state index in [0.29, 0.717) is 0 Å². The summed E-state index contributed by atoms with van der Waals surface area (Å²) in [6, 6.07) is 10.4. The molecule has 2 nitrogen and oxygen atoms in total. The molecule has 2 heterocycles. The highest BCUT2D eigenvalue weighted by atomic mass is 14.7. The molecule has 2 aromatic rings. The summed E-state index contributed by atoms with van der Waals surface area (Å²) >= 11 is 0. The molecule has 0 radical (unpaired) electrons. The molecule has 0 atom stereocenters. The van der Waals surface area contributed by atoms with Gasteiger partial charge in [-0.1, -0.05) is 18.2 Å². The van der Waals surface area contributed by atoms with E-state index in [1.54, 1.807) is 6.20 Å². The number of pyridine rings is 1. The zero-order chi connectivity index (χ0) is 10.8. The topological polar surface area (TPSA) is 25.2 Å². The molecule has 1 aliphatic rings. The highest BCUT2D eigenvalue weighted by Crippen LogP contribution is 2.33. The minimum Gasteiger partial charge on any atom is -0.264 e. The number of hydrogen-bond acceptors (Lipinski definition) is 2. The molecule has 0 saturated carbocycles. The van der Waals surface area contributed by atoms with E-state index >= 15 is 0 Å². The van der Waals surface area contributed by atoms with Crippen LogP contribution < -0.4 is 0 Å². The Bertz CT molecular complexity index is 530. The molecular weight excluding hydrogens is 196 g/mol. The largest absolute Gasteiger partial charge is 0.264 e. The van der Waals surface area contributed by atoms with E-state index in [0.717, 1.165) is 18.5 Å². The van der Waals surface area contributed by atoms with Gasteiger partial charge in [0, 0.05) is 24.2 Å². The molecule has 16 heavy (non-hydrogen) atoms. The van der Waals surface area contributed by atoms with Crippen LogP contribution in [0, 0.1) is 0 Å². The Hall–Kier alpha value is -1.96. The third kappa shape index (κ3) is 1.52. The van der Waals surface area contributed by atoms with Gasteiger partial charge in [0.25, 0.3) is 0 Å². The predicted octanol–water partition coefficient (Wildman–Crippen LogP) is 3.40. The molecule has 0 saturated heterocycles. The summed E-state index contributed by atoms with van der Waals surface area (Å²) in [5, 5.41) is 0. The quantitative estimate of drug-likeness (QED) is 0.705. The van der Waals surface area contributed by atoms with Gasteiger partial charge in [0.15, 0.2) is 0 Å². The summed E-state index contributed by atoms with van der Waals surface area (Å²) < 4.78 is 0. The fourth-order valence-electron chi connectivity index (χ4n) is 2.12. The molecule has 1 aromatic carbocycles. The molecule has 3 rings (SSSR count). The van der Waals surface area contributed by atoms with Crippen molar-refractivity contribution in [1.82, 2.24) is 4.98 Å². The highest BCUT2D eigenvalue weighted by Gasteiger charge is 2.11. The zero-order valence-corrected chi connectivity index (χ0v) is 8.93. The van der Waals surface area contributed by atoms with Crippen LogP contribution in [0.4, 0.5) is 5.69 Å². The van der Waals surface area contributed by atoms with Crippen molar-refractivity contribution in [2.45, 2.75) is 12.8 Å². The molecule has 2 heteroatoms. The van der Waals surface area contributed by atoms with Crippen LogP contribution >= 0.6 is 0 Å². The molecule has 1 aromatic heterocycles. The zero-order valence-electron chi connectivity index (χ0n) is 8.93. The van der Waals surface area contributed by atoms with Gasteiger partial charge >= 0.3 is 0 Å². The van der Waals surface area contributed by atoms with Crippen molar-refractivity contribution in [3.8, 4) is 11.1 Å². The van der Waals surface area contributed by atoms with E-state index in [9.17, 15) is 0 Å². The molecule has 0 fully saturated rings. The molecule has 1 aliphatic heterocycles. The van der Waals surface area contributed by atoms with Crippen molar-refractivity contribution in [2.75, 3.05) is 0 Å². The Balaban J connectivity index is 2.19. The van der Waals surface area contributed by atoms with Gasteiger partial charge in [0.05, 0.1) is 5.69 Å². The summed E-state index contributed by atoms with van der Waals surface area (Å²) in [7, 11) is 0. The van der Waals surface area contributed by atoms with Crippen molar-refractivity contribution in [3.63, 3.8) is 0 Å². The normalized spacial score (nSPS) is 13.5. The lowest BCUT2D eigenvalue weighted by Gasteiger charge is -2.14. The van der Waals surface area contributed by atoms with E-state index in [2.05, 4.69) is 34.2 Å². The molecule has 0 bridgehead atoms. The van der Waals surface area contributed by atoms with Crippen LogP contribution in [0.5, 0.6) is 0 Å². The standard InChI is InChI=1S/C14H12N2/c1-5-12(11-4-2-8-15-10-11)13-6-3-9-16-14(13)7-1/h1-2,4-5,7-10H,3,6H2. The van der Waals surface area contributed by atoms with Gasteiger partial charge in [0.1, 0.15) is 0 Å². The van der Waals surface area contributed by atoms with Gasteiger partial charge in [-0.25, -0.2) is 0 Å². The Labute approximate surface area is 94.7 Å². The Morgan fingerprint density at radius 3 is 2.94 bits per heavy atom. The van der Waals surface area contributed by atoms with Crippen LogP contribution in [0.25, 0.3) is 11.1 Å². The fraction of sp³-hybridized carbons (Fsp3) is 0.143. The molecule has 0 unspecified atom stereocenters.